The molecule has 0 unspecified atom stereocenters. The summed E-state index contributed by atoms with van der Waals surface area (Å²) in [5.41, 5.74) is 2.03. The molecule has 0 aliphatic heterocycles. The Kier molecular flexibility index (Phi) is 4.35. The van der Waals surface area contributed by atoms with Gasteiger partial charge in [0.15, 0.2) is 5.82 Å². The number of hydrogen-bond donors (Lipinski definition) is 0. The van der Waals surface area contributed by atoms with E-state index in [9.17, 15) is 8.42 Å². The lowest BCUT2D eigenvalue weighted by Gasteiger charge is -2.22. The lowest BCUT2D eigenvalue weighted by molar-refractivity contribution is 0.414. The summed E-state index contributed by atoms with van der Waals surface area (Å²) in [6.07, 6.45) is 2.13. The lowest BCUT2D eigenvalue weighted by atomic mass is 10.3. The van der Waals surface area contributed by atoms with Gasteiger partial charge in [-0.2, -0.15) is 0 Å². The van der Waals surface area contributed by atoms with Crippen LogP contribution in [0.4, 0.5) is 5.82 Å². The molecule has 2 aromatic carbocycles. The van der Waals surface area contributed by atoms with Gasteiger partial charge in [0.05, 0.1) is 23.0 Å². The molecule has 0 N–H and O–H groups in total. The normalized spacial score (nSPS) is 14.3. The molecule has 1 aliphatic carbocycles. The number of methoxy groups -OCH3 is 1. The van der Waals surface area contributed by atoms with E-state index in [2.05, 4.69) is 10.2 Å². The smallest absolute Gasteiger partial charge is 0.265 e. The van der Waals surface area contributed by atoms with E-state index >= 15 is 0 Å². The molecule has 0 spiro atoms. The second kappa shape index (κ2) is 6.94. The van der Waals surface area contributed by atoms with E-state index in [0.717, 1.165) is 24.2 Å². The zero-order valence-electron chi connectivity index (χ0n) is 16.7. The number of aromatic nitrogens is 4. The first-order valence-electron chi connectivity index (χ1n) is 9.85. The van der Waals surface area contributed by atoms with Gasteiger partial charge in [-0.1, -0.05) is 12.1 Å². The van der Waals surface area contributed by atoms with Crippen molar-refractivity contribution in [1.29, 1.82) is 0 Å². The highest BCUT2D eigenvalue weighted by atomic mass is 32.2. The van der Waals surface area contributed by atoms with Crippen LogP contribution < -0.4 is 9.04 Å². The summed E-state index contributed by atoms with van der Waals surface area (Å²) in [5.74, 6) is 2.09. The summed E-state index contributed by atoms with van der Waals surface area (Å²) >= 11 is 0. The van der Waals surface area contributed by atoms with Gasteiger partial charge in [-0.3, -0.25) is 4.40 Å². The van der Waals surface area contributed by atoms with E-state index in [1.165, 1.54) is 16.4 Å². The fourth-order valence-electron chi connectivity index (χ4n) is 3.67. The Bertz CT molecular complexity index is 1340. The summed E-state index contributed by atoms with van der Waals surface area (Å²) in [7, 11) is -2.31. The largest absolute Gasteiger partial charge is 0.497 e. The lowest BCUT2D eigenvalue weighted by Crippen LogP contribution is -2.32. The van der Waals surface area contributed by atoms with Crippen LogP contribution in [0, 0.1) is 0 Å². The maximum Gasteiger partial charge on any atom is 0.265 e. The van der Waals surface area contributed by atoms with Crippen molar-refractivity contribution >= 4 is 32.5 Å². The van der Waals surface area contributed by atoms with Crippen LogP contribution in [0.25, 0.3) is 16.7 Å². The highest BCUT2D eigenvalue weighted by Crippen LogP contribution is 2.41. The van der Waals surface area contributed by atoms with Crippen LogP contribution in [0.5, 0.6) is 5.75 Å². The number of nitrogens with zero attached hydrogens (tertiary/aromatic N) is 5. The molecule has 0 amide bonds. The second-order valence-electron chi connectivity index (χ2n) is 7.26. The minimum absolute atomic E-state index is 0.167. The van der Waals surface area contributed by atoms with E-state index in [1.54, 1.807) is 26.2 Å². The van der Waals surface area contributed by atoms with Crippen molar-refractivity contribution in [1.82, 2.24) is 19.6 Å². The van der Waals surface area contributed by atoms with Crippen LogP contribution in [0.3, 0.4) is 0 Å². The molecule has 4 aromatic rings. The fourth-order valence-corrected chi connectivity index (χ4v) is 5.10. The second-order valence-corrected chi connectivity index (χ2v) is 9.12. The van der Waals surface area contributed by atoms with Crippen molar-refractivity contribution in [3.63, 3.8) is 0 Å². The van der Waals surface area contributed by atoms with Crippen LogP contribution >= 0.6 is 0 Å². The molecule has 1 fully saturated rings. The van der Waals surface area contributed by atoms with E-state index in [1.807, 2.05) is 28.7 Å². The number of para-hydroxylation sites is 2. The summed E-state index contributed by atoms with van der Waals surface area (Å²) < 4.78 is 35.4. The predicted octanol–water partition coefficient (Wildman–Crippen LogP) is 3.38. The van der Waals surface area contributed by atoms with Crippen LogP contribution in [-0.2, 0) is 10.0 Å². The number of sulfonamides is 1. The van der Waals surface area contributed by atoms with E-state index in [0.29, 0.717) is 22.8 Å². The molecule has 0 atom stereocenters. The zero-order chi connectivity index (χ0) is 20.9. The highest BCUT2D eigenvalue weighted by molar-refractivity contribution is 7.92. The molecule has 0 saturated heterocycles. The van der Waals surface area contributed by atoms with Gasteiger partial charge in [0.25, 0.3) is 10.0 Å². The van der Waals surface area contributed by atoms with E-state index in [4.69, 9.17) is 9.72 Å². The van der Waals surface area contributed by atoms with Gasteiger partial charge >= 0.3 is 0 Å². The predicted molar refractivity (Wildman–Crippen MR) is 113 cm³/mol. The third kappa shape index (κ3) is 2.88. The van der Waals surface area contributed by atoms with Gasteiger partial charge in [0, 0.05) is 12.5 Å². The van der Waals surface area contributed by atoms with E-state index < -0.39 is 10.0 Å². The molecule has 2 aromatic heterocycles. The van der Waals surface area contributed by atoms with Gasteiger partial charge in [0.2, 0.25) is 5.65 Å². The van der Waals surface area contributed by atoms with Crippen LogP contribution in [0.15, 0.2) is 53.4 Å². The Morgan fingerprint density at radius 1 is 1.10 bits per heavy atom. The topological polar surface area (TPSA) is 89.7 Å². The minimum Gasteiger partial charge on any atom is -0.497 e. The van der Waals surface area contributed by atoms with Crippen molar-refractivity contribution in [3.05, 3.63) is 54.4 Å². The maximum atomic E-state index is 13.5. The van der Waals surface area contributed by atoms with Crippen molar-refractivity contribution < 1.29 is 13.2 Å². The number of fused-ring (bicyclic) bond motifs is 3. The zero-order valence-corrected chi connectivity index (χ0v) is 17.5. The molecule has 1 aliphatic rings. The number of ether oxygens (including phenoxy) is 1. The maximum absolute atomic E-state index is 13.5. The quantitative estimate of drug-likeness (QED) is 0.472. The molecule has 8 nitrogen and oxygen atoms in total. The first-order chi connectivity index (χ1) is 14.5. The Labute approximate surface area is 174 Å². The average Bonchev–Trinajstić information content (AvgIpc) is 3.52. The van der Waals surface area contributed by atoms with Gasteiger partial charge in [0.1, 0.15) is 11.6 Å². The summed E-state index contributed by atoms with van der Waals surface area (Å²) in [6, 6.07) is 14.0. The first-order valence-corrected chi connectivity index (χ1v) is 11.3. The van der Waals surface area contributed by atoms with Crippen molar-refractivity contribution in [2.45, 2.75) is 30.6 Å². The molecule has 154 valence electrons. The fraction of sp³-hybridized carbons (Fsp3) is 0.286. The number of benzene rings is 2. The van der Waals surface area contributed by atoms with Crippen LogP contribution in [0.2, 0.25) is 0 Å². The molecule has 0 radical (unpaired) electrons. The number of anilines is 1. The monoisotopic (exact) mass is 423 g/mol. The Morgan fingerprint density at radius 3 is 2.50 bits per heavy atom. The standard InChI is InChI=1S/C21H21N5O3S/c1-3-25(30(27,28)16-12-10-15(29-2)11-13-16)20-21-24-23-19(14-8-9-14)26(21)18-7-5-4-6-17(18)22-20/h4-7,10-14H,3,8-9H2,1-2H3. The molecule has 1 saturated carbocycles. The van der Waals surface area contributed by atoms with Gasteiger partial charge < -0.3 is 4.74 Å². The Hall–Kier alpha value is -3.20. The third-order valence-corrected chi connectivity index (χ3v) is 7.23. The van der Waals surface area contributed by atoms with Gasteiger partial charge in [-0.25, -0.2) is 17.7 Å². The van der Waals surface area contributed by atoms with Crippen molar-refractivity contribution in [2.75, 3.05) is 18.0 Å². The number of rotatable bonds is 6. The summed E-state index contributed by atoms with van der Waals surface area (Å²) in [5, 5.41) is 8.75. The molecule has 0 bridgehead atoms. The van der Waals surface area contributed by atoms with Gasteiger partial charge in [-0.15, -0.1) is 10.2 Å². The number of hydrogen-bond acceptors (Lipinski definition) is 6. The molecule has 30 heavy (non-hydrogen) atoms. The Balaban J connectivity index is 1.73. The van der Waals surface area contributed by atoms with Crippen LogP contribution in [0.1, 0.15) is 31.5 Å². The molecule has 5 rings (SSSR count). The summed E-state index contributed by atoms with van der Waals surface area (Å²) in [4.78, 5) is 4.86. The van der Waals surface area contributed by atoms with Crippen molar-refractivity contribution in [3.8, 4) is 5.75 Å². The van der Waals surface area contributed by atoms with Crippen LogP contribution in [-0.4, -0.2) is 41.7 Å². The van der Waals surface area contributed by atoms with Crippen molar-refractivity contribution in [2.24, 2.45) is 0 Å². The minimum atomic E-state index is -3.85. The summed E-state index contributed by atoms with van der Waals surface area (Å²) in [6.45, 7) is 1.99. The Morgan fingerprint density at radius 2 is 1.83 bits per heavy atom. The third-order valence-electron chi connectivity index (χ3n) is 5.35. The molecule has 9 heteroatoms. The molecular formula is C21H21N5O3S. The first kappa shape index (κ1) is 18.8. The SMILES string of the molecule is CCN(c1nc2ccccc2n2c(C3CC3)nnc12)S(=O)(=O)c1ccc(OC)cc1. The molecular weight excluding hydrogens is 402 g/mol. The average molecular weight is 423 g/mol. The van der Waals surface area contributed by atoms with Gasteiger partial charge in [-0.05, 0) is 56.2 Å². The van der Waals surface area contributed by atoms with E-state index in [-0.39, 0.29) is 17.3 Å². The highest BCUT2D eigenvalue weighted by Gasteiger charge is 2.33. The molecule has 2 heterocycles.